The smallest absolute Gasteiger partial charge is 0.143 e. The van der Waals surface area contributed by atoms with Crippen molar-refractivity contribution >= 4 is 97.1 Å². The number of nitrogens with zero attached hydrogens (tertiary/aromatic N) is 2. The van der Waals surface area contributed by atoms with Crippen molar-refractivity contribution in [2.75, 3.05) is 0 Å². The third-order valence-corrected chi connectivity index (χ3v) is 13.4. The second-order valence-corrected chi connectivity index (χ2v) is 16.3. The third-order valence-electron chi connectivity index (χ3n) is 12.1. The van der Waals surface area contributed by atoms with Gasteiger partial charge in [0.2, 0.25) is 0 Å². The second-order valence-electron chi connectivity index (χ2n) is 15.2. The molecule has 0 radical (unpaired) electrons. The molecule has 0 unspecified atom stereocenters. The summed E-state index contributed by atoms with van der Waals surface area (Å²) in [5.41, 5.74) is 13.7. The normalized spacial score (nSPS) is 12.1. The summed E-state index contributed by atoms with van der Waals surface area (Å²) >= 11 is 1.86. The van der Waals surface area contributed by atoms with Gasteiger partial charge in [-0.3, -0.25) is 0 Å². The van der Waals surface area contributed by atoms with Gasteiger partial charge in [0.1, 0.15) is 11.2 Å². The summed E-state index contributed by atoms with van der Waals surface area (Å²) in [7, 11) is 0. The number of hydrogen-bond donors (Lipinski definition) is 0. The molecule has 0 aliphatic rings. The van der Waals surface area contributed by atoms with E-state index in [9.17, 15) is 0 Å². The summed E-state index contributed by atoms with van der Waals surface area (Å²) < 4.78 is 14.0. The lowest BCUT2D eigenvalue weighted by Crippen LogP contribution is -1.95. The molecule has 4 heterocycles. The van der Waals surface area contributed by atoms with Crippen LogP contribution in [0.25, 0.3) is 119 Å². The van der Waals surface area contributed by atoms with Gasteiger partial charge in [-0.25, -0.2) is 0 Å². The van der Waals surface area contributed by atoms with Gasteiger partial charge in [-0.05, 0) is 65.7 Å². The molecule has 270 valence electrons. The van der Waals surface area contributed by atoms with Gasteiger partial charge in [0.25, 0.3) is 0 Å². The number of benzene rings is 9. The van der Waals surface area contributed by atoms with Crippen LogP contribution in [-0.4, -0.2) is 9.13 Å². The maximum Gasteiger partial charge on any atom is 0.143 e. The fraction of sp³-hybridized carbons (Fsp3) is 0. The van der Waals surface area contributed by atoms with Gasteiger partial charge in [-0.15, -0.1) is 11.3 Å². The molecular weight excluding hydrogens is 725 g/mol. The number of para-hydroxylation sites is 4. The van der Waals surface area contributed by atoms with E-state index in [1.165, 1.54) is 80.5 Å². The average Bonchev–Trinajstić information content (AvgIpc) is 4.04. The van der Waals surface area contributed by atoms with Crippen LogP contribution in [0.4, 0.5) is 0 Å². The molecule has 58 heavy (non-hydrogen) atoms. The molecular formula is C54H32N2OS. The Balaban J connectivity index is 1.05. The van der Waals surface area contributed by atoms with Crippen molar-refractivity contribution < 1.29 is 4.42 Å². The molecule has 0 aliphatic heterocycles. The third kappa shape index (κ3) is 4.43. The first kappa shape index (κ1) is 31.8. The van der Waals surface area contributed by atoms with Crippen LogP contribution in [0.5, 0.6) is 0 Å². The van der Waals surface area contributed by atoms with Gasteiger partial charge in [0.15, 0.2) is 0 Å². The molecule has 0 fully saturated rings. The van der Waals surface area contributed by atoms with Gasteiger partial charge in [0.05, 0.1) is 22.1 Å². The summed E-state index contributed by atoms with van der Waals surface area (Å²) in [6, 6.07) is 70.6. The zero-order valence-corrected chi connectivity index (χ0v) is 32.0. The second kappa shape index (κ2) is 12.1. The lowest BCUT2D eigenvalue weighted by molar-refractivity contribution is 0.670. The highest BCUT2D eigenvalue weighted by molar-refractivity contribution is 7.26. The highest BCUT2D eigenvalue weighted by atomic mass is 32.1. The Hall–Kier alpha value is -7.40. The number of hydrogen-bond acceptors (Lipinski definition) is 2. The lowest BCUT2D eigenvalue weighted by Gasteiger charge is -2.11. The highest BCUT2D eigenvalue weighted by Crippen LogP contribution is 2.46. The van der Waals surface area contributed by atoms with E-state index in [4.69, 9.17) is 4.42 Å². The van der Waals surface area contributed by atoms with E-state index in [1.54, 1.807) is 0 Å². The minimum atomic E-state index is 0.919. The van der Waals surface area contributed by atoms with Crippen molar-refractivity contribution in [3.8, 4) is 33.6 Å². The summed E-state index contributed by atoms with van der Waals surface area (Å²) in [6.07, 6.45) is 0. The van der Waals surface area contributed by atoms with Crippen molar-refractivity contribution in [2.45, 2.75) is 0 Å². The monoisotopic (exact) mass is 756 g/mol. The van der Waals surface area contributed by atoms with Crippen molar-refractivity contribution in [3.63, 3.8) is 0 Å². The van der Waals surface area contributed by atoms with Gasteiger partial charge < -0.3 is 13.6 Å². The minimum absolute atomic E-state index is 0.919. The van der Waals surface area contributed by atoms with Crippen molar-refractivity contribution in [3.05, 3.63) is 194 Å². The standard InChI is InChI=1S/C54H32N2OS/c1-2-12-33(13-3-1)34-24-26-35(27-25-34)55-47-22-8-5-16-44(47)51-48(55)30-29-39-37-14-4-7-21-46(37)56(52(39)51)36-28-31-50-45(32-36)43-20-11-19-42(54(43)58-50)41-18-10-17-40-38-15-6-9-23-49(38)57-53(40)41/h1-32H. The summed E-state index contributed by atoms with van der Waals surface area (Å²) in [5.74, 6) is 0. The molecule has 13 rings (SSSR count). The van der Waals surface area contributed by atoms with E-state index in [0.717, 1.165) is 38.9 Å². The summed E-state index contributed by atoms with van der Waals surface area (Å²) in [5, 5.41) is 9.82. The number of thiophene rings is 1. The lowest BCUT2D eigenvalue weighted by atomic mass is 10.00. The van der Waals surface area contributed by atoms with Crippen molar-refractivity contribution in [2.24, 2.45) is 0 Å². The number of furan rings is 1. The van der Waals surface area contributed by atoms with Gasteiger partial charge >= 0.3 is 0 Å². The predicted molar refractivity (Wildman–Crippen MR) is 246 cm³/mol. The topological polar surface area (TPSA) is 23.0 Å². The zero-order valence-electron chi connectivity index (χ0n) is 31.2. The van der Waals surface area contributed by atoms with Crippen LogP contribution in [0.2, 0.25) is 0 Å². The Bertz CT molecular complexity index is 3790. The number of rotatable bonds is 4. The maximum absolute atomic E-state index is 6.53. The molecule has 9 aromatic carbocycles. The molecule has 4 heteroatoms. The summed E-state index contributed by atoms with van der Waals surface area (Å²) in [6.45, 7) is 0. The first-order chi connectivity index (χ1) is 28.8. The quantitative estimate of drug-likeness (QED) is 0.175. The molecule has 0 spiro atoms. The van der Waals surface area contributed by atoms with Crippen molar-refractivity contribution in [1.29, 1.82) is 0 Å². The molecule has 4 aromatic heterocycles. The van der Waals surface area contributed by atoms with Crippen LogP contribution < -0.4 is 0 Å². The molecule has 3 nitrogen and oxygen atoms in total. The molecule has 0 saturated carbocycles. The fourth-order valence-corrected chi connectivity index (χ4v) is 10.8. The van der Waals surface area contributed by atoms with E-state index in [1.807, 2.05) is 17.4 Å². The molecule has 0 N–H and O–H groups in total. The van der Waals surface area contributed by atoms with Crippen molar-refractivity contribution in [1.82, 2.24) is 9.13 Å². The Morgan fingerprint density at radius 1 is 0.379 bits per heavy atom. The van der Waals surface area contributed by atoms with E-state index in [0.29, 0.717) is 0 Å². The minimum Gasteiger partial charge on any atom is -0.455 e. The van der Waals surface area contributed by atoms with Crippen LogP contribution >= 0.6 is 11.3 Å². The first-order valence-corrected chi connectivity index (χ1v) is 20.6. The van der Waals surface area contributed by atoms with Crippen LogP contribution in [0.3, 0.4) is 0 Å². The molecule has 0 bridgehead atoms. The Morgan fingerprint density at radius 2 is 1.03 bits per heavy atom. The van der Waals surface area contributed by atoms with E-state index in [2.05, 4.69) is 197 Å². The number of fused-ring (bicyclic) bond motifs is 13. The largest absolute Gasteiger partial charge is 0.455 e. The van der Waals surface area contributed by atoms with E-state index < -0.39 is 0 Å². The van der Waals surface area contributed by atoms with Gasteiger partial charge in [0, 0.05) is 75.0 Å². The molecule has 0 atom stereocenters. The number of aromatic nitrogens is 2. The SMILES string of the molecule is c1ccc(-c2ccc(-n3c4ccccc4c4c3ccc3c5ccccc5n(-c5ccc6sc7c(-c8cccc9c8oc8ccccc89)cccc7c6c5)c34)cc2)cc1. The highest BCUT2D eigenvalue weighted by Gasteiger charge is 2.22. The zero-order chi connectivity index (χ0) is 37.9. The maximum atomic E-state index is 6.53. The Kier molecular flexibility index (Phi) is 6.60. The van der Waals surface area contributed by atoms with Crippen LogP contribution in [0, 0.1) is 0 Å². The van der Waals surface area contributed by atoms with Crippen LogP contribution in [-0.2, 0) is 0 Å². The molecule has 0 amide bonds. The van der Waals surface area contributed by atoms with Crippen LogP contribution in [0.15, 0.2) is 199 Å². The van der Waals surface area contributed by atoms with E-state index in [-0.39, 0.29) is 0 Å². The fourth-order valence-electron chi connectivity index (χ4n) is 9.59. The van der Waals surface area contributed by atoms with Crippen LogP contribution in [0.1, 0.15) is 0 Å². The molecule has 0 aliphatic carbocycles. The van der Waals surface area contributed by atoms with E-state index >= 15 is 0 Å². The Morgan fingerprint density at radius 3 is 1.88 bits per heavy atom. The first-order valence-electron chi connectivity index (χ1n) is 19.8. The van der Waals surface area contributed by atoms with Gasteiger partial charge in [-0.2, -0.15) is 0 Å². The van der Waals surface area contributed by atoms with Gasteiger partial charge in [-0.1, -0.05) is 140 Å². The Labute approximate surface area is 336 Å². The molecule has 0 saturated heterocycles. The predicted octanol–water partition coefficient (Wildman–Crippen LogP) is 15.5. The molecule has 13 aromatic rings. The average molecular weight is 757 g/mol. The summed E-state index contributed by atoms with van der Waals surface area (Å²) in [4.78, 5) is 0.